The highest BCUT2D eigenvalue weighted by molar-refractivity contribution is 8.76. The second kappa shape index (κ2) is 34.0. The molecule has 0 radical (unpaired) electrons. The molecular weight excluding hydrogens is 1240 g/mol. The number of likely N-dealkylation sites (tertiary alicyclic amines) is 1. The van der Waals surface area contributed by atoms with Gasteiger partial charge in [0.2, 0.25) is 35.5 Å². The summed E-state index contributed by atoms with van der Waals surface area (Å²) in [6.07, 6.45) is 11.3. The Bertz CT molecular complexity index is 3590. The number of carboxylic acids is 2. The molecule has 1 aromatic carbocycles. The van der Waals surface area contributed by atoms with Crippen LogP contribution >= 0.6 is 33.3 Å². The first-order chi connectivity index (χ1) is 43.6. The number of ketones is 3. The van der Waals surface area contributed by atoms with Gasteiger partial charge in [-0.15, -0.1) is 0 Å². The summed E-state index contributed by atoms with van der Waals surface area (Å²) in [7, 11) is 2.14. The Balaban J connectivity index is 0.923. The number of hydrogen-bond donors (Lipinski definition) is 12. The summed E-state index contributed by atoms with van der Waals surface area (Å²) >= 11 is 1.33. The molecule has 0 aliphatic carbocycles. The number of aliphatic carboxylic acids is 2. The van der Waals surface area contributed by atoms with Crippen LogP contribution < -0.4 is 37.9 Å². The molecular formula is C57H69N17O14S3. The summed E-state index contributed by atoms with van der Waals surface area (Å²) in [5.41, 5.74) is 7.44. The number of imide groups is 1. The number of rotatable bonds is 39. The third-order valence-corrected chi connectivity index (χ3v) is 17.9. The Morgan fingerprint density at radius 2 is 1.31 bits per heavy atom. The van der Waals surface area contributed by atoms with Crippen molar-refractivity contribution >= 4 is 121 Å². The van der Waals surface area contributed by atoms with Gasteiger partial charge in [0.15, 0.2) is 22.7 Å². The lowest BCUT2D eigenvalue weighted by Crippen LogP contribution is -2.49. The second-order valence-corrected chi connectivity index (χ2v) is 24.9. The van der Waals surface area contributed by atoms with Crippen LogP contribution in [0.15, 0.2) is 72.8 Å². The summed E-state index contributed by atoms with van der Waals surface area (Å²) in [5, 5.41) is 33.5. The van der Waals surface area contributed by atoms with E-state index in [-0.39, 0.29) is 121 Å². The van der Waals surface area contributed by atoms with Gasteiger partial charge in [-0.1, -0.05) is 28.0 Å². The van der Waals surface area contributed by atoms with Crippen LogP contribution in [-0.2, 0) is 73.8 Å². The van der Waals surface area contributed by atoms with Gasteiger partial charge in [-0.2, -0.15) is 16.7 Å². The number of thioether (sulfide) groups is 1. The van der Waals surface area contributed by atoms with Gasteiger partial charge < -0.3 is 57.5 Å². The standard InChI is InChI=1S/C57H69N17O14S3/c1-30(75)42(68-46(78)6-4-3-5-13-74-47(79)19-45(89-2)54(74)84)25-90-91-26-43(56(87)88)71-52(82)33(15-36-21-60-28-65-36)17-44(77)41(18-37-22-61-29-66-37)70-51(81)32(14-35-20-59-27-64-35)16-39(76)11-12-40(55(85)86)69-50(80)31-7-9-34(10-8-31)62-23-38-24-63-49-48(67-38)53(83)73-57(58)72-49/h7-10,20-22,24,27-29,32-33,40-43,45,62H,3-6,11-19,23,25-26H2,1-2H3,(H,59,64)(H,60,65)(H,61,66)(H,68,78)(H,69,80)(H,70,81)(H,71,82)(H,85,86)(H,87,88)(H3,58,63,72,73,83)/t32?,33?,40-,41?,42?,43?,45?/m0/s1. The number of unbranched alkanes of at least 4 members (excludes halogenated alkanes) is 2. The first kappa shape index (κ1) is 69.2. The van der Waals surface area contributed by atoms with Crippen molar-refractivity contribution in [1.82, 2.24) is 76.0 Å². The topological polar surface area (TPSA) is 475 Å². The molecule has 0 saturated carbocycles. The maximum absolute atomic E-state index is 14.5. The molecule has 7 atom stereocenters. The van der Waals surface area contributed by atoms with E-state index in [2.05, 4.69) is 76.4 Å². The Labute approximate surface area is 531 Å². The molecule has 6 amide bonds. The summed E-state index contributed by atoms with van der Waals surface area (Å²) in [6, 6.07) is 0.768. The van der Waals surface area contributed by atoms with E-state index < -0.39 is 95.6 Å². The third kappa shape index (κ3) is 21.2. The number of carbonyl (C=O) groups is 11. The fourth-order valence-corrected chi connectivity index (χ4v) is 12.6. The van der Waals surface area contributed by atoms with Crippen molar-refractivity contribution in [3.8, 4) is 0 Å². The van der Waals surface area contributed by atoms with E-state index in [1.807, 2.05) is 0 Å². The maximum Gasteiger partial charge on any atom is 0.327 e. The quantitative estimate of drug-likeness (QED) is 0.0148. The number of nitrogens with zero attached hydrogens (tertiary/aromatic N) is 7. The number of anilines is 2. The number of carboxylic acid groups (broad SMARTS) is 2. The van der Waals surface area contributed by atoms with Crippen LogP contribution in [-0.4, -0.2) is 183 Å². The van der Waals surface area contributed by atoms with Crippen LogP contribution in [0.1, 0.15) is 97.8 Å². The third-order valence-electron chi connectivity index (χ3n) is 14.6. The van der Waals surface area contributed by atoms with Crippen molar-refractivity contribution in [2.24, 2.45) is 11.8 Å². The van der Waals surface area contributed by atoms with Crippen molar-refractivity contribution in [2.75, 3.05) is 35.4 Å². The Morgan fingerprint density at radius 3 is 1.89 bits per heavy atom. The lowest BCUT2D eigenvalue weighted by molar-refractivity contribution is -0.142. The van der Waals surface area contributed by atoms with Crippen LogP contribution in [0.4, 0.5) is 11.6 Å². The summed E-state index contributed by atoms with van der Waals surface area (Å²) in [5.74, 6) is -10.1. The van der Waals surface area contributed by atoms with E-state index >= 15 is 0 Å². The molecule has 1 saturated heterocycles. The molecule has 6 heterocycles. The summed E-state index contributed by atoms with van der Waals surface area (Å²) in [4.78, 5) is 194. The average Bonchev–Trinajstić information content (AvgIpc) is 1.38. The van der Waals surface area contributed by atoms with Gasteiger partial charge in [0.25, 0.3) is 11.5 Å². The van der Waals surface area contributed by atoms with Gasteiger partial charge >= 0.3 is 11.9 Å². The number of nitrogens with two attached hydrogens (primary N) is 1. The predicted molar refractivity (Wildman–Crippen MR) is 333 cm³/mol. The number of aromatic amines is 4. The van der Waals surface area contributed by atoms with Crippen LogP contribution in [0.3, 0.4) is 0 Å². The minimum Gasteiger partial charge on any atom is -0.480 e. The van der Waals surface area contributed by atoms with Crippen LogP contribution in [0, 0.1) is 11.8 Å². The number of imidazole rings is 3. The number of nitrogen functional groups attached to an aromatic ring is 1. The van der Waals surface area contributed by atoms with Gasteiger partial charge in [0.05, 0.1) is 66.6 Å². The van der Waals surface area contributed by atoms with Crippen LogP contribution in [0.25, 0.3) is 11.2 Å². The monoisotopic (exact) mass is 1310 g/mol. The molecule has 34 heteroatoms. The predicted octanol–water partition coefficient (Wildman–Crippen LogP) is 1.48. The highest BCUT2D eigenvalue weighted by atomic mass is 33.1. The smallest absolute Gasteiger partial charge is 0.327 e. The number of carbonyl (C=O) groups excluding carboxylic acids is 9. The summed E-state index contributed by atoms with van der Waals surface area (Å²) < 4.78 is 0. The lowest BCUT2D eigenvalue weighted by Gasteiger charge is -2.24. The number of nitrogens with one attached hydrogen (secondary N) is 9. The van der Waals surface area contributed by atoms with Gasteiger partial charge in [-0.3, -0.25) is 57.8 Å². The Morgan fingerprint density at radius 1 is 0.703 bits per heavy atom. The van der Waals surface area contributed by atoms with Gasteiger partial charge in [-0.05, 0) is 56.7 Å². The minimum absolute atomic E-state index is 0.00321. The van der Waals surface area contributed by atoms with Crippen molar-refractivity contribution in [2.45, 2.75) is 120 Å². The number of Topliss-reactive ketones (excluding diaryl/α,β-unsaturated/α-hetero) is 3. The summed E-state index contributed by atoms with van der Waals surface area (Å²) in [6.45, 7) is 1.71. The lowest BCUT2D eigenvalue weighted by atomic mass is 9.90. The van der Waals surface area contributed by atoms with Crippen molar-refractivity contribution in [3.05, 3.63) is 107 Å². The van der Waals surface area contributed by atoms with E-state index in [0.717, 1.165) is 21.6 Å². The van der Waals surface area contributed by atoms with Crippen LogP contribution in [0.2, 0.25) is 0 Å². The van der Waals surface area contributed by atoms with Gasteiger partial charge in [0.1, 0.15) is 17.9 Å². The van der Waals surface area contributed by atoms with E-state index in [1.165, 1.54) is 79.5 Å². The molecule has 0 bridgehead atoms. The number of fused-ring (bicyclic) bond motifs is 1. The molecule has 1 aliphatic rings. The number of H-pyrrole nitrogens is 4. The zero-order valence-electron chi connectivity index (χ0n) is 49.4. The van der Waals surface area contributed by atoms with E-state index in [0.29, 0.717) is 47.7 Å². The fraction of sp³-hybridized carbons (Fsp3) is 0.439. The zero-order chi connectivity index (χ0) is 65.6. The molecule has 31 nitrogen and oxygen atoms in total. The van der Waals surface area contributed by atoms with E-state index in [1.54, 1.807) is 18.4 Å². The minimum atomic E-state index is -1.52. The van der Waals surface area contributed by atoms with Crippen molar-refractivity contribution < 1.29 is 63.0 Å². The molecule has 7 rings (SSSR count). The number of amides is 6. The molecule has 5 aromatic heterocycles. The average molecular weight is 1310 g/mol. The van der Waals surface area contributed by atoms with Crippen LogP contribution in [0.5, 0.6) is 0 Å². The molecule has 1 aliphatic heterocycles. The fourth-order valence-electron chi connectivity index (χ4n) is 9.57. The second-order valence-electron chi connectivity index (χ2n) is 21.4. The molecule has 0 spiro atoms. The number of hydrogen-bond acceptors (Lipinski definition) is 23. The highest BCUT2D eigenvalue weighted by Crippen LogP contribution is 2.26. The zero-order valence-corrected chi connectivity index (χ0v) is 51.9. The Hall–Kier alpha value is -9.31. The molecule has 484 valence electrons. The van der Waals surface area contributed by atoms with E-state index in [4.69, 9.17) is 5.73 Å². The molecule has 6 unspecified atom stereocenters. The highest BCUT2D eigenvalue weighted by Gasteiger charge is 2.38. The van der Waals surface area contributed by atoms with Crippen molar-refractivity contribution in [1.29, 1.82) is 0 Å². The Kier molecular flexibility index (Phi) is 25.9. The SMILES string of the molecule is CSC1CC(=O)N(CCCCCC(=O)NC(CSSCC(NC(=O)C(CC(=O)C(Cc2cnc[nH]2)NC(=O)C(CC(=O)CC[C@H](NC(=O)c2ccc(NCc3cnc4nc(N)[nH]c(=O)c4n3)cc2)C(=O)O)Cc2cnc[nH]2)Cc2cnc[nH]2)C(=O)O)C(C)=O)C1=O. The van der Waals surface area contributed by atoms with E-state index in [9.17, 15) is 67.7 Å². The number of benzene rings is 1. The molecule has 1 fully saturated rings. The molecule has 13 N–H and O–H groups in total. The molecule has 91 heavy (non-hydrogen) atoms. The van der Waals surface area contributed by atoms with Gasteiger partial charge in [-0.25, -0.2) is 34.5 Å². The first-order valence-corrected chi connectivity index (χ1v) is 32.5. The maximum atomic E-state index is 14.5. The molecule has 6 aromatic rings. The normalized spacial score (nSPS) is 15.0. The first-order valence-electron chi connectivity index (χ1n) is 28.7. The largest absolute Gasteiger partial charge is 0.480 e. The number of aromatic nitrogens is 10. The van der Waals surface area contributed by atoms with Crippen molar-refractivity contribution in [3.63, 3.8) is 0 Å². The van der Waals surface area contributed by atoms with Gasteiger partial charge in [0, 0.05) is 116 Å².